The number of amides is 1. The van der Waals surface area contributed by atoms with E-state index in [4.69, 9.17) is 4.74 Å². The summed E-state index contributed by atoms with van der Waals surface area (Å²) in [5.74, 6) is -0.134. The van der Waals surface area contributed by atoms with Crippen LogP contribution >= 0.6 is 0 Å². The van der Waals surface area contributed by atoms with Crippen molar-refractivity contribution in [2.45, 2.75) is 32.6 Å². The Morgan fingerprint density at radius 3 is 2.53 bits per heavy atom. The summed E-state index contributed by atoms with van der Waals surface area (Å²) in [6.45, 7) is 4.74. The second-order valence-corrected chi connectivity index (χ2v) is 5.87. The molecule has 3 aliphatic heterocycles. The Labute approximate surface area is 113 Å². The molecule has 0 aromatic heterocycles. The molecule has 0 radical (unpaired) electrons. The molecule has 2 saturated heterocycles. The number of hydrogen-bond acceptors (Lipinski definition) is 4. The van der Waals surface area contributed by atoms with Gasteiger partial charge in [0.05, 0.1) is 11.3 Å². The number of cyclic esters (lactones) is 1. The van der Waals surface area contributed by atoms with Gasteiger partial charge >= 0.3 is 5.97 Å². The minimum absolute atomic E-state index is 0.154. The Morgan fingerprint density at radius 1 is 1.21 bits per heavy atom. The van der Waals surface area contributed by atoms with Crippen LogP contribution in [0.1, 0.15) is 32.6 Å². The molecule has 1 N–H and O–H groups in total. The van der Waals surface area contributed by atoms with Gasteiger partial charge in [0.1, 0.15) is 6.61 Å². The fourth-order valence-corrected chi connectivity index (χ4v) is 3.40. The maximum absolute atomic E-state index is 12.4. The normalized spacial score (nSPS) is 27.1. The predicted octanol–water partition coefficient (Wildman–Crippen LogP) is 0.809. The number of likely N-dealkylation sites (tertiary alicyclic amines) is 1. The zero-order valence-electron chi connectivity index (χ0n) is 11.3. The van der Waals surface area contributed by atoms with E-state index in [1.165, 1.54) is 0 Å². The molecule has 0 bridgehead atoms. The number of ether oxygens (including phenoxy) is 1. The van der Waals surface area contributed by atoms with E-state index in [2.05, 4.69) is 5.32 Å². The van der Waals surface area contributed by atoms with Crippen LogP contribution in [0, 0.1) is 5.41 Å². The first-order valence-corrected chi connectivity index (χ1v) is 6.99. The number of hydrogen-bond donors (Lipinski definition) is 1. The van der Waals surface area contributed by atoms with Crippen molar-refractivity contribution in [2.75, 3.05) is 26.2 Å². The molecule has 0 aromatic rings. The van der Waals surface area contributed by atoms with Gasteiger partial charge in [-0.1, -0.05) is 0 Å². The van der Waals surface area contributed by atoms with Crippen molar-refractivity contribution in [3.63, 3.8) is 0 Å². The van der Waals surface area contributed by atoms with Gasteiger partial charge < -0.3 is 15.0 Å². The molecular weight excluding hydrogens is 244 g/mol. The number of nitrogens with one attached hydrogen (secondary N) is 1. The Morgan fingerprint density at radius 2 is 1.95 bits per heavy atom. The van der Waals surface area contributed by atoms with Gasteiger partial charge in [-0.25, -0.2) is 4.79 Å². The first kappa shape index (κ1) is 12.7. The van der Waals surface area contributed by atoms with Crippen LogP contribution in [0.25, 0.3) is 0 Å². The highest BCUT2D eigenvalue weighted by Gasteiger charge is 2.41. The third-order valence-electron chi connectivity index (χ3n) is 4.76. The summed E-state index contributed by atoms with van der Waals surface area (Å²) in [7, 11) is 0. The van der Waals surface area contributed by atoms with Crippen LogP contribution < -0.4 is 5.32 Å². The Hall–Kier alpha value is -1.36. The molecule has 3 rings (SSSR count). The molecule has 0 aromatic carbocycles. The monoisotopic (exact) mass is 264 g/mol. The summed E-state index contributed by atoms with van der Waals surface area (Å²) in [6, 6.07) is 0. The lowest BCUT2D eigenvalue weighted by molar-refractivity contribution is -0.139. The maximum Gasteiger partial charge on any atom is 0.336 e. The highest BCUT2D eigenvalue weighted by molar-refractivity contribution is 5.92. The number of nitrogens with zero attached hydrogens (tertiary/aromatic N) is 1. The van der Waals surface area contributed by atoms with Gasteiger partial charge in [0, 0.05) is 13.0 Å². The van der Waals surface area contributed by atoms with E-state index >= 15 is 0 Å². The number of carbonyl (C=O) groups is 2. The Kier molecular flexibility index (Phi) is 3.09. The minimum atomic E-state index is -0.287. The summed E-state index contributed by atoms with van der Waals surface area (Å²) in [4.78, 5) is 25.6. The van der Waals surface area contributed by atoms with Gasteiger partial charge in [-0.15, -0.1) is 0 Å². The third kappa shape index (κ3) is 2.16. The number of carbonyl (C=O) groups excluding carboxylic acids is 2. The van der Waals surface area contributed by atoms with Crippen LogP contribution in [0.3, 0.4) is 0 Å². The Balaban J connectivity index is 1.75. The summed E-state index contributed by atoms with van der Waals surface area (Å²) < 4.78 is 5.00. The van der Waals surface area contributed by atoms with E-state index in [1.807, 2.05) is 0 Å². The standard InChI is InChI=1S/C14H20N2O3/c1-10-11(9-19-13(10)18)16-7-4-14(8-12(16)17)2-5-15-6-3-14/h15H,2-9H2,1H3. The summed E-state index contributed by atoms with van der Waals surface area (Å²) in [5.41, 5.74) is 1.56. The molecule has 0 atom stereocenters. The molecule has 5 nitrogen and oxygen atoms in total. The lowest BCUT2D eigenvalue weighted by Crippen LogP contribution is -2.48. The molecule has 0 aliphatic carbocycles. The van der Waals surface area contributed by atoms with E-state index in [0.29, 0.717) is 12.0 Å². The molecule has 3 aliphatic rings. The van der Waals surface area contributed by atoms with Crippen molar-refractivity contribution in [1.82, 2.24) is 10.2 Å². The molecular formula is C14H20N2O3. The highest BCUT2D eigenvalue weighted by Crippen LogP contribution is 2.41. The maximum atomic E-state index is 12.4. The van der Waals surface area contributed by atoms with Crippen LogP contribution in [-0.2, 0) is 14.3 Å². The van der Waals surface area contributed by atoms with Gasteiger partial charge in [-0.05, 0) is 44.7 Å². The zero-order chi connectivity index (χ0) is 13.5. The van der Waals surface area contributed by atoms with E-state index < -0.39 is 0 Å². The average molecular weight is 264 g/mol. The SMILES string of the molecule is CC1=C(N2CCC3(CCNCC3)CC2=O)COC1=O. The van der Waals surface area contributed by atoms with E-state index in [-0.39, 0.29) is 23.9 Å². The van der Waals surface area contributed by atoms with Crippen molar-refractivity contribution in [3.8, 4) is 0 Å². The van der Waals surface area contributed by atoms with Gasteiger partial charge in [-0.3, -0.25) is 4.79 Å². The van der Waals surface area contributed by atoms with Crippen LogP contribution in [0.2, 0.25) is 0 Å². The molecule has 19 heavy (non-hydrogen) atoms. The predicted molar refractivity (Wildman–Crippen MR) is 69.1 cm³/mol. The van der Waals surface area contributed by atoms with Crippen molar-refractivity contribution in [1.29, 1.82) is 0 Å². The van der Waals surface area contributed by atoms with Crippen LogP contribution in [0.15, 0.2) is 11.3 Å². The molecule has 1 amide bonds. The van der Waals surface area contributed by atoms with Crippen molar-refractivity contribution in [3.05, 3.63) is 11.3 Å². The molecule has 2 fully saturated rings. The van der Waals surface area contributed by atoms with Crippen LogP contribution in [-0.4, -0.2) is 43.0 Å². The first-order chi connectivity index (χ1) is 9.11. The lowest BCUT2D eigenvalue weighted by atomic mass is 9.71. The van der Waals surface area contributed by atoms with Crippen molar-refractivity contribution < 1.29 is 14.3 Å². The average Bonchev–Trinajstić information content (AvgIpc) is 2.72. The summed E-state index contributed by atoms with van der Waals surface area (Å²) >= 11 is 0. The molecule has 5 heteroatoms. The largest absolute Gasteiger partial charge is 0.456 e. The zero-order valence-corrected chi connectivity index (χ0v) is 11.3. The molecule has 0 unspecified atom stereocenters. The fourth-order valence-electron chi connectivity index (χ4n) is 3.40. The second kappa shape index (κ2) is 4.63. The molecule has 3 heterocycles. The highest BCUT2D eigenvalue weighted by atomic mass is 16.5. The van der Waals surface area contributed by atoms with E-state index in [1.54, 1.807) is 11.8 Å². The lowest BCUT2D eigenvalue weighted by Gasteiger charge is -2.44. The second-order valence-electron chi connectivity index (χ2n) is 5.87. The van der Waals surface area contributed by atoms with Crippen LogP contribution in [0.5, 0.6) is 0 Å². The quantitative estimate of drug-likeness (QED) is 0.712. The number of rotatable bonds is 1. The third-order valence-corrected chi connectivity index (χ3v) is 4.76. The first-order valence-electron chi connectivity index (χ1n) is 6.99. The van der Waals surface area contributed by atoms with Gasteiger partial charge in [0.25, 0.3) is 0 Å². The van der Waals surface area contributed by atoms with Crippen LogP contribution in [0.4, 0.5) is 0 Å². The van der Waals surface area contributed by atoms with E-state index in [0.717, 1.165) is 44.6 Å². The summed E-state index contributed by atoms with van der Waals surface area (Å²) in [5, 5.41) is 3.35. The Bertz CT molecular complexity index is 450. The van der Waals surface area contributed by atoms with Gasteiger partial charge in [0.2, 0.25) is 5.91 Å². The minimum Gasteiger partial charge on any atom is -0.456 e. The summed E-state index contributed by atoms with van der Waals surface area (Å²) in [6.07, 6.45) is 3.81. The van der Waals surface area contributed by atoms with Crippen molar-refractivity contribution >= 4 is 11.9 Å². The van der Waals surface area contributed by atoms with Gasteiger partial charge in [-0.2, -0.15) is 0 Å². The number of esters is 1. The fraction of sp³-hybridized carbons (Fsp3) is 0.714. The van der Waals surface area contributed by atoms with E-state index in [9.17, 15) is 9.59 Å². The molecule has 1 spiro atoms. The number of piperidine rings is 2. The topological polar surface area (TPSA) is 58.6 Å². The van der Waals surface area contributed by atoms with Gasteiger partial charge in [0.15, 0.2) is 0 Å². The molecule has 104 valence electrons. The van der Waals surface area contributed by atoms with Crippen molar-refractivity contribution in [2.24, 2.45) is 5.41 Å². The smallest absolute Gasteiger partial charge is 0.336 e. The molecule has 0 saturated carbocycles.